The van der Waals surface area contributed by atoms with E-state index >= 15 is 0 Å². The maximum Gasteiger partial charge on any atom is 0.332 e. The number of Topliss-reactive ketones (excluding diaryl/α,β-unsaturated/α-hetero) is 1. The molecule has 0 saturated carbocycles. The quantitative estimate of drug-likeness (QED) is 0.551. The molecular formula is C19H31N5O5. The number of piperidine rings is 1. The van der Waals surface area contributed by atoms with Gasteiger partial charge in [0.15, 0.2) is 5.78 Å². The average molecular weight is 409 g/mol. The minimum absolute atomic E-state index is 0.0792. The van der Waals surface area contributed by atoms with E-state index in [1.807, 2.05) is 4.90 Å². The molecule has 29 heavy (non-hydrogen) atoms. The maximum absolute atomic E-state index is 12.7. The van der Waals surface area contributed by atoms with Crippen molar-refractivity contribution in [1.82, 2.24) is 18.9 Å². The van der Waals surface area contributed by atoms with Gasteiger partial charge >= 0.3 is 5.69 Å². The van der Waals surface area contributed by atoms with Crippen LogP contribution in [0.2, 0.25) is 0 Å². The monoisotopic (exact) mass is 409 g/mol. The number of carbonyl (C=O) groups excluding carboxylic acids is 1. The van der Waals surface area contributed by atoms with Crippen LogP contribution in [0.4, 0.5) is 5.82 Å². The van der Waals surface area contributed by atoms with Crippen LogP contribution in [0.1, 0.15) is 23.2 Å². The lowest BCUT2D eigenvalue weighted by Crippen LogP contribution is -2.45. The lowest BCUT2D eigenvalue weighted by atomic mass is 10.1. The van der Waals surface area contributed by atoms with Crippen molar-refractivity contribution in [2.75, 3.05) is 64.8 Å². The summed E-state index contributed by atoms with van der Waals surface area (Å²) >= 11 is 0. The molecule has 0 aliphatic carbocycles. The van der Waals surface area contributed by atoms with E-state index in [4.69, 9.17) is 15.2 Å². The standard InChI is InChI=1S/C19H31N5O5/c1-21-17(20)16(18(26)22(2)19(21)27)15(25)13-24-5-3-14(4-6-24)29-12-9-23-7-10-28-11-8-23/h14H,3-13,20H2,1-2H3. The Balaban J connectivity index is 1.48. The molecule has 0 unspecified atom stereocenters. The van der Waals surface area contributed by atoms with Crippen molar-refractivity contribution in [3.8, 4) is 0 Å². The molecule has 3 heterocycles. The van der Waals surface area contributed by atoms with Gasteiger partial charge in [0.05, 0.1) is 32.5 Å². The number of likely N-dealkylation sites (tertiary alicyclic amines) is 1. The number of nitrogens with two attached hydrogens (primary N) is 1. The predicted octanol–water partition coefficient (Wildman–Crippen LogP) is -1.34. The molecule has 1 aromatic rings. The molecule has 0 aromatic carbocycles. The Kier molecular flexibility index (Phi) is 7.23. The molecule has 2 fully saturated rings. The lowest BCUT2D eigenvalue weighted by Gasteiger charge is -2.32. The van der Waals surface area contributed by atoms with Gasteiger partial charge in [0, 0.05) is 46.8 Å². The van der Waals surface area contributed by atoms with Crippen molar-refractivity contribution in [2.45, 2.75) is 18.9 Å². The Labute approximate surface area is 169 Å². The van der Waals surface area contributed by atoms with E-state index in [1.54, 1.807) is 0 Å². The molecule has 0 amide bonds. The highest BCUT2D eigenvalue weighted by molar-refractivity contribution is 6.01. The predicted molar refractivity (Wildman–Crippen MR) is 108 cm³/mol. The molecule has 0 spiro atoms. The number of rotatable bonds is 7. The number of morpholine rings is 1. The molecule has 0 radical (unpaired) electrons. The summed E-state index contributed by atoms with van der Waals surface area (Å²) in [7, 11) is 2.80. The van der Waals surface area contributed by atoms with Gasteiger partial charge in [-0.25, -0.2) is 4.79 Å². The second-order valence-electron chi connectivity index (χ2n) is 7.69. The van der Waals surface area contributed by atoms with Gasteiger partial charge in [0.25, 0.3) is 5.56 Å². The summed E-state index contributed by atoms with van der Waals surface area (Å²) in [4.78, 5) is 41.3. The highest BCUT2D eigenvalue weighted by Gasteiger charge is 2.25. The first-order valence-electron chi connectivity index (χ1n) is 10.1. The highest BCUT2D eigenvalue weighted by atomic mass is 16.5. The Bertz CT molecular complexity index is 835. The van der Waals surface area contributed by atoms with Crippen LogP contribution >= 0.6 is 0 Å². The minimum Gasteiger partial charge on any atom is -0.384 e. The zero-order chi connectivity index (χ0) is 21.0. The van der Waals surface area contributed by atoms with Crippen molar-refractivity contribution in [2.24, 2.45) is 14.1 Å². The Hall–Kier alpha value is -2.01. The highest BCUT2D eigenvalue weighted by Crippen LogP contribution is 2.15. The number of aromatic nitrogens is 2. The third kappa shape index (κ3) is 5.13. The maximum atomic E-state index is 12.7. The first-order valence-corrected chi connectivity index (χ1v) is 10.1. The number of anilines is 1. The van der Waals surface area contributed by atoms with E-state index in [9.17, 15) is 14.4 Å². The molecule has 10 nitrogen and oxygen atoms in total. The molecular weight excluding hydrogens is 378 g/mol. The molecule has 2 aliphatic heterocycles. The molecule has 2 aliphatic rings. The first-order chi connectivity index (χ1) is 13.9. The van der Waals surface area contributed by atoms with Gasteiger partial charge in [-0.15, -0.1) is 0 Å². The van der Waals surface area contributed by atoms with E-state index in [2.05, 4.69) is 4.90 Å². The number of ketones is 1. The average Bonchev–Trinajstić information content (AvgIpc) is 2.73. The van der Waals surface area contributed by atoms with Crippen molar-refractivity contribution < 1.29 is 14.3 Å². The van der Waals surface area contributed by atoms with Crippen molar-refractivity contribution in [3.63, 3.8) is 0 Å². The van der Waals surface area contributed by atoms with Crippen LogP contribution in [0.15, 0.2) is 9.59 Å². The minimum atomic E-state index is -0.642. The van der Waals surface area contributed by atoms with Crippen LogP contribution in [0.5, 0.6) is 0 Å². The molecule has 10 heteroatoms. The number of nitrogen functional groups attached to an aromatic ring is 1. The summed E-state index contributed by atoms with van der Waals surface area (Å²) in [5, 5.41) is 0. The molecule has 162 valence electrons. The number of ether oxygens (including phenoxy) is 2. The second-order valence-corrected chi connectivity index (χ2v) is 7.69. The van der Waals surface area contributed by atoms with Crippen LogP contribution < -0.4 is 17.0 Å². The van der Waals surface area contributed by atoms with Crippen LogP contribution in [0.3, 0.4) is 0 Å². The molecule has 2 N–H and O–H groups in total. The smallest absolute Gasteiger partial charge is 0.332 e. The molecule has 1 aromatic heterocycles. The van der Waals surface area contributed by atoms with E-state index in [0.29, 0.717) is 6.61 Å². The van der Waals surface area contributed by atoms with Crippen LogP contribution in [-0.2, 0) is 23.6 Å². The summed E-state index contributed by atoms with van der Waals surface area (Å²) in [6.07, 6.45) is 1.88. The van der Waals surface area contributed by atoms with Gasteiger partial charge in [0.2, 0.25) is 0 Å². The van der Waals surface area contributed by atoms with Gasteiger partial charge in [-0.2, -0.15) is 0 Å². The third-order valence-corrected chi connectivity index (χ3v) is 5.76. The summed E-state index contributed by atoms with van der Waals surface area (Å²) in [6.45, 7) is 6.66. The Morgan fingerprint density at radius 2 is 1.72 bits per heavy atom. The summed E-state index contributed by atoms with van der Waals surface area (Å²) < 4.78 is 13.4. The second kappa shape index (κ2) is 9.66. The SMILES string of the molecule is Cn1c(N)c(C(=O)CN2CCC(OCCN3CCOCC3)CC2)c(=O)n(C)c1=O. The summed E-state index contributed by atoms with van der Waals surface area (Å²) in [6, 6.07) is 0. The molecule has 0 atom stereocenters. The fraction of sp³-hybridized carbons (Fsp3) is 0.737. The molecule has 2 saturated heterocycles. The van der Waals surface area contributed by atoms with Crippen LogP contribution in [-0.4, -0.2) is 89.9 Å². The van der Waals surface area contributed by atoms with Crippen molar-refractivity contribution in [3.05, 3.63) is 26.4 Å². The van der Waals surface area contributed by atoms with E-state index in [0.717, 1.165) is 67.9 Å². The molecule has 3 rings (SSSR count). The zero-order valence-electron chi connectivity index (χ0n) is 17.3. The van der Waals surface area contributed by atoms with E-state index in [-0.39, 0.29) is 29.8 Å². The molecule has 0 bridgehead atoms. The van der Waals surface area contributed by atoms with E-state index < -0.39 is 11.2 Å². The zero-order valence-corrected chi connectivity index (χ0v) is 17.3. The van der Waals surface area contributed by atoms with Gasteiger partial charge in [-0.3, -0.25) is 28.5 Å². The largest absolute Gasteiger partial charge is 0.384 e. The summed E-state index contributed by atoms with van der Waals surface area (Å²) in [5.74, 6) is -0.435. The summed E-state index contributed by atoms with van der Waals surface area (Å²) in [5.41, 5.74) is 4.58. The van der Waals surface area contributed by atoms with Gasteiger partial charge < -0.3 is 15.2 Å². The number of carbonyl (C=O) groups is 1. The first kappa shape index (κ1) is 21.7. The fourth-order valence-corrected chi connectivity index (χ4v) is 3.81. The van der Waals surface area contributed by atoms with Gasteiger partial charge in [-0.1, -0.05) is 0 Å². The fourth-order valence-electron chi connectivity index (χ4n) is 3.81. The Morgan fingerprint density at radius 1 is 1.07 bits per heavy atom. The van der Waals surface area contributed by atoms with E-state index in [1.165, 1.54) is 14.1 Å². The normalized spacial score (nSPS) is 19.5. The van der Waals surface area contributed by atoms with Gasteiger partial charge in [0.1, 0.15) is 11.4 Å². The Morgan fingerprint density at radius 3 is 2.38 bits per heavy atom. The van der Waals surface area contributed by atoms with Crippen LogP contribution in [0, 0.1) is 0 Å². The van der Waals surface area contributed by atoms with Crippen molar-refractivity contribution in [1.29, 1.82) is 0 Å². The number of hydrogen-bond acceptors (Lipinski definition) is 8. The lowest BCUT2D eigenvalue weighted by molar-refractivity contribution is -0.0176. The van der Waals surface area contributed by atoms with Gasteiger partial charge in [-0.05, 0) is 12.8 Å². The van der Waals surface area contributed by atoms with Crippen molar-refractivity contribution >= 4 is 11.6 Å². The number of hydrogen-bond donors (Lipinski definition) is 1. The number of nitrogens with zero attached hydrogens (tertiary/aromatic N) is 4. The topological polar surface area (TPSA) is 112 Å². The third-order valence-electron chi connectivity index (χ3n) is 5.76. The van der Waals surface area contributed by atoms with Crippen LogP contribution in [0.25, 0.3) is 0 Å².